The van der Waals surface area contributed by atoms with Gasteiger partial charge in [-0.05, 0) is 63.7 Å². The third-order valence-corrected chi connectivity index (χ3v) is 7.72. The molecule has 0 spiro atoms. The van der Waals surface area contributed by atoms with Gasteiger partial charge in [-0.15, -0.1) is 0 Å². The van der Waals surface area contributed by atoms with Gasteiger partial charge < -0.3 is 19.7 Å². The highest BCUT2D eigenvalue weighted by atomic mass is 16.6. The molecule has 6 heteroatoms. The Morgan fingerprint density at radius 2 is 1.11 bits per heavy atom. The molecule has 0 aliphatic carbocycles. The number of carbonyl (C=O) groups is 2. The number of esters is 2. The second kappa shape index (κ2) is 33.7. The van der Waals surface area contributed by atoms with E-state index in [-0.39, 0.29) is 31.6 Å². The molecule has 2 N–H and O–H groups in total. The van der Waals surface area contributed by atoms with Crippen molar-refractivity contribution in [3.05, 3.63) is 48.6 Å². The van der Waals surface area contributed by atoms with Gasteiger partial charge in [-0.25, -0.2) is 0 Å². The Hall–Kier alpha value is -2.18. The molecule has 0 aliphatic heterocycles. The van der Waals surface area contributed by atoms with Crippen LogP contribution in [0.25, 0.3) is 0 Å². The first-order chi connectivity index (χ1) is 21.5. The summed E-state index contributed by atoms with van der Waals surface area (Å²) in [6, 6.07) is 0. The molecule has 6 nitrogen and oxygen atoms in total. The first kappa shape index (κ1) is 41.8. The highest BCUT2D eigenvalue weighted by Crippen LogP contribution is 2.15. The fourth-order valence-corrected chi connectivity index (χ4v) is 4.62. The maximum atomic E-state index is 12.1. The first-order valence-corrected chi connectivity index (χ1v) is 17.7. The van der Waals surface area contributed by atoms with Crippen LogP contribution in [0, 0.1) is 5.92 Å². The van der Waals surface area contributed by atoms with Crippen LogP contribution < -0.4 is 0 Å². The summed E-state index contributed by atoms with van der Waals surface area (Å²) in [5, 5.41) is 18.3. The average molecular weight is 619 g/mol. The topological polar surface area (TPSA) is 93.1 Å². The lowest BCUT2D eigenvalue weighted by Gasteiger charge is -2.15. The Balaban J connectivity index is 3.71. The summed E-state index contributed by atoms with van der Waals surface area (Å²) in [5.74, 6) is 0.175. The molecule has 0 amide bonds. The van der Waals surface area contributed by atoms with Crippen molar-refractivity contribution >= 4 is 11.9 Å². The standard InChI is InChI=1S/C38H66O6/c1-3-35(2)29-25-21-17-14-15-18-22-26-30-37(41)43-34-36(33-40)44-38(42)31-27-23-19-13-11-9-7-5-4-6-8-10-12-16-20-24-28-32-39/h4,6-7,9-10,12-13,19,35-36,39-40H,3,5,8,11,14-18,20-34H2,1-2H3/b6-4-,9-7-,12-10-,19-13-/t35?,36-/m0/s1. The largest absolute Gasteiger partial charge is 0.462 e. The van der Waals surface area contributed by atoms with Crippen LogP contribution in [0.1, 0.15) is 149 Å². The van der Waals surface area contributed by atoms with Crippen LogP contribution in [0.4, 0.5) is 0 Å². The molecule has 254 valence electrons. The van der Waals surface area contributed by atoms with E-state index in [4.69, 9.17) is 14.6 Å². The van der Waals surface area contributed by atoms with Crippen molar-refractivity contribution in [3.63, 3.8) is 0 Å². The quantitative estimate of drug-likeness (QED) is 0.0457. The first-order valence-electron chi connectivity index (χ1n) is 17.7. The molecule has 44 heavy (non-hydrogen) atoms. The number of aliphatic hydroxyl groups is 2. The lowest BCUT2D eigenvalue weighted by atomic mass is 9.99. The van der Waals surface area contributed by atoms with Crippen molar-refractivity contribution in [3.8, 4) is 0 Å². The Morgan fingerprint density at radius 1 is 0.614 bits per heavy atom. The Kier molecular flexibility index (Phi) is 32.0. The second-order valence-electron chi connectivity index (χ2n) is 11.9. The molecule has 0 aromatic rings. The fourth-order valence-electron chi connectivity index (χ4n) is 4.62. The third kappa shape index (κ3) is 31.3. The summed E-state index contributed by atoms with van der Waals surface area (Å²) >= 11 is 0. The molecule has 0 aromatic heterocycles. The minimum atomic E-state index is -0.806. The number of rotatable bonds is 31. The average Bonchev–Trinajstić information content (AvgIpc) is 3.03. The van der Waals surface area contributed by atoms with E-state index in [1.54, 1.807) is 0 Å². The summed E-state index contributed by atoms with van der Waals surface area (Å²) in [6.07, 6.45) is 37.5. The Morgan fingerprint density at radius 3 is 1.68 bits per heavy atom. The van der Waals surface area contributed by atoms with E-state index in [2.05, 4.69) is 62.5 Å². The van der Waals surface area contributed by atoms with E-state index in [1.807, 2.05) is 0 Å². The summed E-state index contributed by atoms with van der Waals surface area (Å²) in [7, 11) is 0. The molecule has 0 rings (SSSR count). The molecule has 0 heterocycles. The van der Waals surface area contributed by atoms with Crippen LogP contribution in [-0.4, -0.2) is 48.1 Å². The number of aliphatic hydroxyl groups excluding tert-OH is 2. The van der Waals surface area contributed by atoms with Crippen molar-refractivity contribution in [1.82, 2.24) is 0 Å². The molecule has 1 unspecified atom stereocenters. The lowest BCUT2D eigenvalue weighted by molar-refractivity contribution is -0.161. The number of carbonyl (C=O) groups excluding carboxylic acids is 2. The highest BCUT2D eigenvalue weighted by molar-refractivity contribution is 5.70. The zero-order chi connectivity index (χ0) is 32.4. The summed E-state index contributed by atoms with van der Waals surface area (Å²) < 4.78 is 10.5. The molecule has 0 aliphatic rings. The molecule has 0 radical (unpaired) electrons. The van der Waals surface area contributed by atoms with Gasteiger partial charge in [0.1, 0.15) is 6.61 Å². The minimum absolute atomic E-state index is 0.0953. The predicted octanol–water partition coefficient (Wildman–Crippen LogP) is 9.50. The van der Waals surface area contributed by atoms with E-state index >= 15 is 0 Å². The zero-order valence-electron chi connectivity index (χ0n) is 28.3. The van der Waals surface area contributed by atoms with Gasteiger partial charge in [-0.3, -0.25) is 9.59 Å². The maximum absolute atomic E-state index is 12.1. The molecule has 2 atom stereocenters. The van der Waals surface area contributed by atoms with Crippen molar-refractivity contribution in [2.45, 2.75) is 155 Å². The van der Waals surface area contributed by atoms with E-state index in [9.17, 15) is 14.7 Å². The predicted molar refractivity (Wildman–Crippen MR) is 183 cm³/mol. The Bertz CT molecular complexity index is 769. The van der Waals surface area contributed by atoms with E-state index in [0.717, 1.165) is 76.5 Å². The highest BCUT2D eigenvalue weighted by Gasteiger charge is 2.15. The number of hydrogen-bond acceptors (Lipinski definition) is 6. The molecule has 0 aromatic carbocycles. The van der Waals surface area contributed by atoms with E-state index in [1.165, 1.54) is 44.9 Å². The summed E-state index contributed by atoms with van der Waals surface area (Å²) in [6.45, 7) is 4.43. The van der Waals surface area contributed by atoms with Crippen LogP contribution in [0.5, 0.6) is 0 Å². The number of hydrogen-bond donors (Lipinski definition) is 2. The van der Waals surface area contributed by atoms with Crippen molar-refractivity contribution in [2.75, 3.05) is 19.8 Å². The van der Waals surface area contributed by atoms with Gasteiger partial charge in [-0.1, -0.05) is 127 Å². The molecular formula is C38H66O6. The summed E-state index contributed by atoms with van der Waals surface area (Å²) in [5.41, 5.74) is 0. The molecule has 0 saturated carbocycles. The second-order valence-corrected chi connectivity index (χ2v) is 11.9. The van der Waals surface area contributed by atoms with Gasteiger partial charge in [0.05, 0.1) is 6.61 Å². The van der Waals surface area contributed by atoms with Gasteiger partial charge in [0, 0.05) is 19.4 Å². The summed E-state index contributed by atoms with van der Waals surface area (Å²) in [4.78, 5) is 24.1. The Labute approximate surface area is 270 Å². The molecule has 0 saturated heterocycles. The zero-order valence-corrected chi connectivity index (χ0v) is 28.3. The number of unbranched alkanes of at least 4 members (excludes halogenated alkanes) is 11. The molecule has 0 fully saturated rings. The van der Waals surface area contributed by atoms with Crippen molar-refractivity contribution in [2.24, 2.45) is 5.92 Å². The smallest absolute Gasteiger partial charge is 0.306 e. The monoisotopic (exact) mass is 618 g/mol. The third-order valence-electron chi connectivity index (χ3n) is 7.72. The van der Waals surface area contributed by atoms with Crippen LogP contribution in [0.2, 0.25) is 0 Å². The van der Waals surface area contributed by atoms with Crippen LogP contribution in [-0.2, 0) is 19.1 Å². The van der Waals surface area contributed by atoms with Gasteiger partial charge in [0.2, 0.25) is 0 Å². The van der Waals surface area contributed by atoms with Crippen molar-refractivity contribution < 1.29 is 29.3 Å². The van der Waals surface area contributed by atoms with Gasteiger partial charge >= 0.3 is 11.9 Å². The normalized spacial score (nSPS) is 13.5. The van der Waals surface area contributed by atoms with Crippen LogP contribution in [0.15, 0.2) is 48.6 Å². The van der Waals surface area contributed by atoms with Gasteiger partial charge in [0.25, 0.3) is 0 Å². The van der Waals surface area contributed by atoms with E-state index in [0.29, 0.717) is 19.4 Å². The van der Waals surface area contributed by atoms with E-state index < -0.39 is 6.10 Å². The maximum Gasteiger partial charge on any atom is 0.306 e. The number of allylic oxidation sites excluding steroid dienone is 8. The van der Waals surface area contributed by atoms with Crippen LogP contribution >= 0.6 is 0 Å². The molecule has 0 bridgehead atoms. The van der Waals surface area contributed by atoms with Gasteiger partial charge in [0.15, 0.2) is 6.10 Å². The SMILES string of the molecule is CCC(C)CCCCCCCCCCC(=O)OC[C@H](CO)OC(=O)CCC/C=C\C/C=C\C/C=C\C/C=C\CCCCCO. The number of ether oxygens (including phenoxy) is 2. The fraction of sp³-hybridized carbons (Fsp3) is 0.737. The molecular weight excluding hydrogens is 552 g/mol. The van der Waals surface area contributed by atoms with Crippen molar-refractivity contribution in [1.29, 1.82) is 0 Å². The minimum Gasteiger partial charge on any atom is -0.462 e. The lowest BCUT2D eigenvalue weighted by Crippen LogP contribution is -2.28. The van der Waals surface area contributed by atoms with Crippen LogP contribution in [0.3, 0.4) is 0 Å². The van der Waals surface area contributed by atoms with Gasteiger partial charge in [-0.2, -0.15) is 0 Å².